The highest BCUT2D eigenvalue weighted by Gasteiger charge is 2.18. The first-order valence-electron chi connectivity index (χ1n) is 5.46. The van der Waals surface area contributed by atoms with E-state index in [1.807, 2.05) is 0 Å². The minimum Gasteiger partial charge on any atom is -0.495 e. The van der Waals surface area contributed by atoms with Crippen LogP contribution >= 0.6 is 0 Å². The van der Waals surface area contributed by atoms with Crippen molar-refractivity contribution < 1.29 is 9.84 Å². The van der Waals surface area contributed by atoms with E-state index in [2.05, 4.69) is 4.98 Å². The summed E-state index contributed by atoms with van der Waals surface area (Å²) in [6.45, 7) is 0. The predicted molar refractivity (Wildman–Crippen MR) is 70.1 cm³/mol. The van der Waals surface area contributed by atoms with Gasteiger partial charge < -0.3 is 21.3 Å². The van der Waals surface area contributed by atoms with E-state index in [0.717, 1.165) is 0 Å². The van der Waals surface area contributed by atoms with Gasteiger partial charge in [-0.2, -0.15) is 0 Å². The van der Waals surface area contributed by atoms with E-state index in [4.69, 9.17) is 16.2 Å². The highest BCUT2D eigenvalue weighted by atomic mass is 16.5. The fraction of sp³-hybridized carbons (Fsp3) is 0.154. The van der Waals surface area contributed by atoms with Crippen molar-refractivity contribution in [1.82, 2.24) is 4.98 Å². The number of methoxy groups -OCH3 is 1. The number of benzene rings is 1. The quantitative estimate of drug-likeness (QED) is 0.709. The number of aliphatic hydroxyl groups excluding tert-OH is 1. The normalized spacial score (nSPS) is 12.1. The van der Waals surface area contributed by atoms with Crippen molar-refractivity contribution in [3.63, 3.8) is 0 Å². The summed E-state index contributed by atoms with van der Waals surface area (Å²) in [4.78, 5) is 3.94. The van der Waals surface area contributed by atoms with Gasteiger partial charge in [0.05, 0.1) is 12.8 Å². The zero-order valence-corrected chi connectivity index (χ0v) is 10.00. The van der Waals surface area contributed by atoms with Crippen molar-refractivity contribution >= 4 is 11.5 Å². The number of nitrogens with two attached hydrogens (primary N) is 2. The topological polar surface area (TPSA) is 94.4 Å². The molecule has 18 heavy (non-hydrogen) atoms. The number of hydrogen-bond donors (Lipinski definition) is 3. The largest absolute Gasteiger partial charge is 0.495 e. The Morgan fingerprint density at radius 2 is 1.89 bits per heavy atom. The van der Waals surface area contributed by atoms with Crippen LogP contribution in [0.15, 0.2) is 36.5 Å². The van der Waals surface area contributed by atoms with Gasteiger partial charge in [0.15, 0.2) is 0 Å². The maximum Gasteiger partial charge on any atom is 0.142 e. The van der Waals surface area contributed by atoms with Gasteiger partial charge in [0, 0.05) is 17.3 Å². The summed E-state index contributed by atoms with van der Waals surface area (Å²) in [5, 5.41) is 10.3. The molecule has 0 fully saturated rings. The SMILES string of the molecule is COc1cccc(C(O)c2cccnc2N)c1N. The Hall–Kier alpha value is -2.27. The second-order valence-electron chi connectivity index (χ2n) is 3.84. The number of para-hydroxylation sites is 1. The first kappa shape index (κ1) is 12.2. The monoisotopic (exact) mass is 245 g/mol. The van der Waals surface area contributed by atoms with Crippen LogP contribution in [0.25, 0.3) is 0 Å². The van der Waals surface area contributed by atoms with E-state index in [1.165, 1.54) is 7.11 Å². The van der Waals surface area contributed by atoms with E-state index in [-0.39, 0.29) is 5.82 Å². The van der Waals surface area contributed by atoms with Crippen LogP contribution in [-0.4, -0.2) is 17.2 Å². The molecular weight excluding hydrogens is 230 g/mol. The molecule has 1 aromatic carbocycles. The minimum absolute atomic E-state index is 0.284. The van der Waals surface area contributed by atoms with Gasteiger partial charge in [0.1, 0.15) is 17.7 Å². The molecule has 0 radical (unpaired) electrons. The van der Waals surface area contributed by atoms with Crippen LogP contribution in [0.3, 0.4) is 0 Å². The average Bonchev–Trinajstić information content (AvgIpc) is 2.39. The van der Waals surface area contributed by atoms with Gasteiger partial charge in [-0.15, -0.1) is 0 Å². The highest BCUT2D eigenvalue weighted by molar-refractivity contribution is 5.61. The van der Waals surface area contributed by atoms with Crippen LogP contribution in [0.4, 0.5) is 11.5 Å². The number of anilines is 2. The second kappa shape index (κ2) is 4.93. The number of hydrogen-bond acceptors (Lipinski definition) is 5. The van der Waals surface area contributed by atoms with Crippen molar-refractivity contribution in [2.24, 2.45) is 0 Å². The molecule has 2 aromatic rings. The van der Waals surface area contributed by atoms with Gasteiger partial charge in [-0.25, -0.2) is 4.98 Å². The Balaban J connectivity index is 2.47. The zero-order chi connectivity index (χ0) is 13.1. The third-order valence-corrected chi connectivity index (χ3v) is 2.78. The summed E-state index contributed by atoms with van der Waals surface area (Å²) in [6.07, 6.45) is 0.648. The maximum atomic E-state index is 10.3. The fourth-order valence-electron chi connectivity index (χ4n) is 1.81. The Morgan fingerprint density at radius 1 is 1.17 bits per heavy atom. The van der Waals surface area contributed by atoms with Crippen molar-refractivity contribution in [1.29, 1.82) is 0 Å². The molecule has 0 saturated heterocycles. The number of nitrogen functional groups attached to an aromatic ring is 2. The summed E-state index contributed by atoms with van der Waals surface area (Å²) < 4.78 is 5.12. The molecule has 1 aromatic heterocycles. The van der Waals surface area contributed by atoms with E-state index < -0.39 is 6.10 Å². The number of aromatic nitrogens is 1. The molecule has 1 atom stereocenters. The lowest BCUT2D eigenvalue weighted by Crippen LogP contribution is -2.08. The number of nitrogens with zero attached hydrogens (tertiary/aromatic N) is 1. The summed E-state index contributed by atoms with van der Waals surface area (Å²) in [5.41, 5.74) is 13.1. The maximum absolute atomic E-state index is 10.3. The van der Waals surface area contributed by atoms with Crippen LogP contribution in [-0.2, 0) is 0 Å². The number of pyridine rings is 1. The molecule has 1 heterocycles. The van der Waals surface area contributed by atoms with E-state index >= 15 is 0 Å². The summed E-state index contributed by atoms with van der Waals surface area (Å²) >= 11 is 0. The molecule has 2 rings (SSSR count). The van der Waals surface area contributed by atoms with Crippen molar-refractivity contribution in [3.05, 3.63) is 47.7 Å². The molecule has 0 amide bonds. The average molecular weight is 245 g/mol. The van der Waals surface area contributed by atoms with Crippen molar-refractivity contribution in [2.75, 3.05) is 18.6 Å². The molecule has 94 valence electrons. The van der Waals surface area contributed by atoms with E-state index in [1.54, 1.807) is 36.5 Å². The number of rotatable bonds is 3. The van der Waals surface area contributed by atoms with Crippen LogP contribution in [0.2, 0.25) is 0 Å². The molecule has 5 heteroatoms. The lowest BCUT2D eigenvalue weighted by molar-refractivity contribution is 0.221. The van der Waals surface area contributed by atoms with Gasteiger partial charge in [-0.1, -0.05) is 18.2 Å². The Bertz CT molecular complexity index is 558. The van der Waals surface area contributed by atoms with Gasteiger partial charge in [0.2, 0.25) is 0 Å². The first-order chi connectivity index (χ1) is 8.65. The van der Waals surface area contributed by atoms with Gasteiger partial charge in [-0.3, -0.25) is 0 Å². The molecule has 0 aliphatic rings. The molecule has 5 nitrogen and oxygen atoms in total. The molecule has 0 bridgehead atoms. The van der Waals surface area contributed by atoms with E-state index in [9.17, 15) is 5.11 Å². The molecule has 0 aliphatic heterocycles. The highest BCUT2D eigenvalue weighted by Crippen LogP contribution is 2.33. The number of ether oxygens (including phenoxy) is 1. The third-order valence-electron chi connectivity index (χ3n) is 2.78. The van der Waals surface area contributed by atoms with Crippen LogP contribution < -0.4 is 16.2 Å². The predicted octanol–water partition coefficient (Wildman–Crippen LogP) is 1.34. The summed E-state index contributed by atoms with van der Waals surface area (Å²) in [6, 6.07) is 8.66. The van der Waals surface area contributed by atoms with Gasteiger partial charge >= 0.3 is 0 Å². The van der Waals surface area contributed by atoms with Crippen molar-refractivity contribution in [3.8, 4) is 5.75 Å². The third kappa shape index (κ3) is 2.08. The standard InChI is InChI=1S/C13H15N3O2/c1-18-10-6-2-4-8(11(10)14)12(17)9-5-3-7-16-13(9)15/h2-7,12,17H,14H2,1H3,(H2,15,16). The van der Waals surface area contributed by atoms with Gasteiger partial charge in [-0.05, 0) is 12.1 Å². The molecule has 1 unspecified atom stereocenters. The number of aliphatic hydroxyl groups is 1. The first-order valence-corrected chi connectivity index (χ1v) is 5.46. The summed E-state index contributed by atoms with van der Waals surface area (Å²) in [5.74, 6) is 0.807. The van der Waals surface area contributed by atoms with E-state index in [0.29, 0.717) is 22.6 Å². The molecule has 0 saturated carbocycles. The molecule has 0 aliphatic carbocycles. The van der Waals surface area contributed by atoms with Crippen LogP contribution in [0.1, 0.15) is 17.2 Å². The Labute approximate surface area is 105 Å². The Morgan fingerprint density at radius 3 is 2.56 bits per heavy atom. The molecular formula is C13H15N3O2. The van der Waals surface area contributed by atoms with Crippen LogP contribution in [0, 0.1) is 0 Å². The zero-order valence-electron chi connectivity index (χ0n) is 10.00. The molecule has 0 spiro atoms. The molecule has 5 N–H and O–H groups in total. The fourth-order valence-corrected chi connectivity index (χ4v) is 1.81. The van der Waals surface area contributed by atoms with Crippen LogP contribution in [0.5, 0.6) is 5.75 Å². The Kier molecular flexibility index (Phi) is 3.34. The smallest absolute Gasteiger partial charge is 0.142 e. The lowest BCUT2D eigenvalue weighted by atomic mass is 10.00. The summed E-state index contributed by atoms with van der Waals surface area (Å²) in [7, 11) is 1.53. The van der Waals surface area contributed by atoms with Crippen molar-refractivity contribution in [2.45, 2.75) is 6.10 Å². The second-order valence-corrected chi connectivity index (χ2v) is 3.84. The van der Waals surface area contributed by atoms with Gasteiger partial charge in [0.25, 0.3) is 0 Å². The lowest BCUT2D eigenvalue weighted by Gasteiger charge is -2.16. The minimum atomic E-state index is -0.922.